The Morgan fingerprint density at radius 2 is 2.06 bits per heavy atom. The van der Waals surface area contributed by atoms with Crippen LogP contribution in [-0.2, 0) is 4.79 Å². The van der Waals surface area contributed by atoms with E-state index in [1.165, 1.54) is 6.42 Å². The molecule has 3 nitrogen and oxygen atoms in total. The van der Waals surface area contributed by atoms with Crippen molar-refractivity contribution < 1.29 is 9.90 Å². The SMILES string of the molecule is CCCCC(C(=O)O)N1CCCC(C)(C)CC1. The van der Waals surface area contributed by atoms with Gasteiger partial charge in [0.15, 0.2) is 0 Å². The molecule has 0 saturated carbocycles. The van der Waals surface area contributed by atoms with Crippen molar-refractivity contribution >= 4 is 5.97 Å². The van der Waals surface area contributed by atoms with Crippen LogP contribution in [0.4, 0.5) is 0 Å². The standard InChI is InChI=1S/C14H27NO2/c1-4-5-7-12(13(16)17)15-10-6-8-14(2,3)9-11-15/h12H,4-11H2,1-3H3,(H,16,17). The molecule has 3 heteroatoms. The van der Waals surface area contributed by atoms with E-state index in [9.17, 15) is 9.90 Å². The molecule has 0 spiro atoms. The number of hydrogen-bond donors (Lipinski definition) is 1. The van der Waals surface area contributed by atoms with Gasteiger partial charge in [-0.15, -0.1) is 0 Å². The summed E-state index contributed by atoms with van der Waals surface area (Å²) in [4.78, 5) is 13.5. The normalized spacial score (nSPS) is 23.0. The van der Waals surface area contributed by atoms with E-state index in [-0.39, 0.29) is 6.04 Å². The van der Waals surface area contributed by atoms with E-state index < -0.39 is 5.97 Å². The third kappa shape index (κ3) is 4.66. The molecule has 0 radical (unpaired) electrons. The zero-order chi connectivity index (χ0) is 12.9. The molecule has 1 unspecified atom stereocenters. The van der Waals surface area contributed by atoms with E-state index in [4.69, 9.17) is 0 Å². The fourth-order valence-corrected chi connectivity index (χ4v) is 2.62. The van der Waals surface area contributed by atoms with Crippen molar-refractivity contribution in [1.29, 1.82) is 0 Å². The maximum Gasteiger partial charge on any atom is 0.320 e. The predicted octanol–water partition coefficient (Wildman–Crippen LogP) is 3.14. The van der Waals surface area contributed by atoms with Gasteiger partial charge in [-0.1, -0.05) is 33.6 Å². The van der Waals surface area contributed by atoms with Crippen LogP contribution in [0.2, 0.25) is 0 Å². The lowest BCUT2D eigenvalue weighted by molar-refractivity contribution is -0.143. The Bertz CT molecular complexity index is 251. The summed E-state index contributed by atoms with van der Waals surface area (Å²) in [5.74, 6) is -0.641. The molecule has 0 bridgehead atoms. The number of hydrogen-bond acceptors (Lipinski definition) is 2. The summed E-state index contributed by atoms with van der Waals surface area (Å²) in [7, 11) is 0. The van der Waals surface area contributed by atoms with Gasteiger partial charge in [0.1, 0.15) is 6.04 Å². The molecule has 0 aromatic rings. The van der Waals surface area contributed by atoms with Crippen LogP contribution in [0, 0.1) is 5.41 Å². The quantitative estimate of drug-likeness (QED) is 0.804. The van der Waals surface area contributed by atoms with Gasteiger partial charge in [0, 0.05) is 0 Å². The Labute approximate surface area is 105 Å². The highest BCUT2D eigenvalue weighted by atomic mass is 16.4. The van der Waals surface area contributed by atoms with E-state index in [1.54, 1.807) is 0 Å². The number of unbranched alkanes of at least 4 members (excludes halogenated alkanes) is 1. The number of carbonyl (C=O) groups is 1. The average molecular weight is 241 g/mol. The molecule has 1 N–H and O–H groups in total. The van der Waals surface area contributed by atoms with Crippen LogP contribution in [0.5, 0.6) is 0 Å². The second-order valence-corrected chi connectivity index (χ2v) is 6.05. The minimum Gasteiger partial charge on any atom is -0.480 e. The average Bonchev–Trinajstić information content (AvgIpc) is 2.40. The van der Waals surface area contributed by atoms with E-state index >= 15 is 0 Å². The molecule has 1 aliphatic heterocycles. The van der Waals surface area contributed by atoms with Gasteiger partial charge < -0.3 is 5.11 Å². The summed E-state index contributed by atoms with van der Waals surface area (Å²) >= 11 is 0. The fourth-order valence-electron chi connectivity index (χ4n) is 2.62. The topological polar surface area (TPSA) is 40.5 Å². The lowest BCUT2D eigenvalue weighted by Crippen LogP contribution is -2.42. The number of carboxylic acids is 1. The van der Waals surface area contributed by atoms with Crippen LogP contribution in [0.1, 0.15) is 59.3 Å². The highest BCUT2D eigenvalue weighted by Crippen LogP contribution is 2.30. The first-order chi connectivity index (χ1) is 7.96. The molecule has 0 aliphatic carbocycles. The molecule has 17 heavy (non-hydrogen) atoms. The summed E-state index contributed by atoms with van der Waals surface area (Å²) in [5, 5.41) is 9.33. The van der Waals surface area contributed by atoms with Gasteiger partial charge in [-0.3, -0.25) is 9.69 Å². The molecule has 0 aromatic carbocycles. The van der Waals surface area contributed by atoms with Gasteiger partial charge in [-0.05, 0) is 44.2 Å². The third-order valence-corrected chi connectivity index (χ3v) is 3.93. The molecular weight excluding hydrogens is 214 g/mol. The number of rotatable bonds is 5. The molecule has 100 valence electrons. The van der Waals surface area contributed by atoms with Crippen molar-refractivity contribution in [1.82, 2.24) is 4.90 Å². The highest BCUT2D eigenvalue weighted by Gasteiger charge is 2.29. The van der Waals surface area contributed by atoms with Crippen LogP contribution in [-0.4, -0.2) is 35.1 Å². The van der Waals surface area contributed by atoms with E-state index in [0.717, 1.165) is 45.2 Å². The van der Waals surface area contributed by atoms with Gasteiger partial charge in [-0.25, -0.2) is 0 Å². The highest BCUT2D eigenvalue weighted by molar-refractivity contribution is 5.73. The summed E-state index contributed by atoms with van der Waals surface area (Å²) in [6.07, 6.45) is 6.33. The Morgan fingerprint density at radius 3 is 2.65 bits per heavy atom. The minimum absolute atomic E-state index is 0.260. The summed E-state index contributed by atoms with van der Waals surface area (Å²) < 4.78 is 0. The molecule has 1 heterocycles. The van der Waals surface area contributed by atoms with E-state index in [2.05, 4.69) is 25.7 Å². The van der Waals surface area contributed by atoms with Gasteiger partial charge in [0.2, 0.25) is 0 Å². The van der Waals surface area contributed by atoms with Crippen molar-refractivity contribution in [3.8, 4) is 0 Å². The Balaban J connectivity index is 2.58. The van der Waals surface area contributed by atoms with Gasteiger partial charge in [0.05, 0.1) is 0 Å². The van der Waals surface area contributed by atoms with Crippen LogP contribution >= 0.6 is 0 Å². The van der Waals surface area contributed by atoms with Crippen LogP contribution < -0.4 is 0 Å². The van der Waals surface area contributed by atoms with Gasteiger partial charge in [-0.2, -0.15) is 0 Å². The van der Waals surface area contributed by atoms with Crippen molar-refractivity contribution in [3.63, 3.8) is 0 Å². The fraction of sp³-hybridized carbons (Fsp3) is 0.929. The number of aliphatic carboxylic acids is 1. The first-order valence-electron chi connectivity index (χ1n) is 6.93. The van der Waals surface area contributed by atoms with Crippen LogP contribution in [0.15, 0.2) is 0 Å². The third-order valence-electron chi connectivity index (χ3n) is 3.93. The molecular formula is C14H27NO2. The van der Waals surface area contributed by atoms with Crippen molar-refractivity contribution in [2.24, 2.45) is 5.41 Å². The number of likely N-dealkylation sites (tertiary alicyclic amines) is 1. The molecule has 0 aromatic heterocycles. The second kappa shape index (κ2) is 6.39. The molecule has 1 fully saturated rings. The maximum atomic E-state index is 11.3. The second-order valence-electron chi connectivity index (χ2n) is 6.05. The van der Waals surface area contributed by atoms with E-state index in [0.29, 0.717) is 5.41 Å². The largest absolute Gasteiger partial charge is 0.480 e. The van der Waals surface area contributed by atoms with Crippen LogP contribution in [0.25, 0.3) is 0 Å². The van der Waals surface area contributed by atoms with Gasteiger partial charge >= 0.3 is 5.97 Å². The molecule has 1 aliphatic rings. The monoisotopic (exact) mass is 241 g/mol. The molecule has 1 rings (SSSR count). The number of carboxylic acid groups (broad SMARTS) is 1. The summed E-state index contributed by atoms with van der Waals surface area (Å²) in [5.41, 5.74) is 0.378. The maximum absolute atomic E-state index is 11.3. The smallest absolute Gasteiger partial charge is 0.320 e. The molecule has 0 amide bonds. The predicted molar refractivity (Wildman–Crippen MR) is 70.2 cm³/mol. The van der Waals surface area contributed by atoms with E-state index in [1.807, 2.05) is 0 Å². The summed E-state index contributed by atoms with van der Waals surface area (Å²) in [6, 6.07) is -0.260. The van der Waals surface area contributed by atoms with Gasteiger partial charge in [0.25, 0.3) is 0 Å². The van der Waals surface area contributed by atoms with Crippen molar-refractivity contribution in [2.45, 2.75) is 65.3 Å². The zero-order valence-corrected chi connectivity index (χ0v) is 11.5. The molecule has 1 saturated heterocycles. The van der Waals surface area contributed by atoms with Crippen LogP contribution in [0.3, 0.4) is 0 Å². The molecule has 1 atom stereocenters. The first-order valence-corrected chi connectivity index (χ1v) is 6.93. The van der Waals surface area contributed by atoms with Crippen molar-refractivity contribution in [3.05, 3.63) is 0 Å². The number of nitrogens with zero attached hydrogens (tertiary/aromatic N) is 1. The Kier molecular flexibility index (Phi) is 5.44. The lowest BCUT2D eigenvalue weighted by atomic mass is 9.85. The van der Waals surface area contributed by atoms with Crippen molar-refractivity contribution in [2.75, 3.05) is 13.1 Å². The first kappa shape index (κ1) is 14.5. The zero-order valence-electron chi connectivity index (χ0n) is 11.5. The Hall–Kier alpha value is -0.570. The lowest BCUT2D eigenvalue weighted by Gasteiger charge is -2.28. The minimum atomic E-state index is -0.641. The summed E-state index contributed by atoms with van der Waals surface area (Å²) in [6.45, 7) is 8.58. The Morgan fingerprint density at radius 1 is 1.35 bits per heavy atom.